The Balaban J connectivity index is 1.82. The van der Waals surface area contributed by atoms with E-state index < -0.39 is 24.7 Å². The predicted octanol–water partition coefficient (Wildman–Crippen LogP) is 2.10. The van der Waals surface area contributed by atoms with Crippen molar-refractivity contribution in [3.8, 4) is 5.75 Å². The minimum Gasteiger partial charge on any atom is -0.465 e. The molecule has 0 amide bonds. The smallest absolute Gasteiger partial charge is 0.465 e. The van der Waals surface area contributed by atoms with E-state index in [9.17, 15) is 9.90 Å². The van der Waals surface area contributed by atoms with Gasteiger partial charge >= 0.3 is 6.16 Å². The maximum atomic E-state index is 11.2. The number of benzene rings is 1. The summed E-state index contributed by atoms with van der Waals surface area (Å²) in [7, 11) is 0. The van der Waals surface area contributed by atoms with Gasteiger partial charge in [0.1, 0.15) is 18.5 Å². The maximum Gasteiger partial charge on any atom is 0.508 e. The van der Waals surface area contributed by atoms with Gasteiger partial charge in [0.05, 0.1) is 12.7 Å². The first kappa shape index (κ1) is 15.6. The fourth-order valence-corrected chi connectivity index (χ4v) is 2.04. The van der Waals surface area contributed by atoms with E-state index >= 15 is 0 Å². The summed E-state index contributed by atoms with van der Waals surface area (Å²) >= 11 is 0. The first-order valence-electron chi connectivity index (χ1n) is 7.04. The van der Waals surface area contributed by atoms with E-state index in [1.54, 1.807) is 6.92 Å². The summed E-state index contributed by atoms with van der Waals surface area (Å²) in [5.41, 5.74) is 0. The number of rotatable bonds is 5. The fourth-order valence-electron chi connectivity index (χ4n) is 2.04. The third-order valence-corrected chi connectivity index (χ3v) is 3.09. The molecule has 0 radical (unpaired) electrons. The second-order valence-corrected chi connectivity index (χ2v) is 4.67. The van der Waals surface area contributed by atoms with Crippen molar-refractivity contribution in [2.24, 2.45) is 0 Å². The van der Waals surface area contributed by atoms with Crippen molar-refractivity contribution in [1.82, 2.24) is 0 Å². The molecule has 1 aromatic rings. The molecule has 1 N–H and O–H groups in total. The molecule has 1 saturated heterocycles. The van der Waals surface area contributed by atoms with E-state index in [0.29, 0.717) is 18.6 Å². The zero-order valence-corrected chi connectivity index (χ0v) is 11.9. The van der Waals surface area contributed by atoms with E-state index in [0.717, 1.165) is 0 Å². The van der Waals surface area contributed by atoms with Crippen molar-refractivity contribution < 1.29 is 28.8 Å². The molecular formula is C15H20O6. The monoisotopic (exact) mass is 296 g/mol. The van der Waals surface area contributed by atoms with E-state index in [-0.39, 0.29) is 13.2 Å². The Bertz CT molecular complexity index is 435. The molecule has 6 nitrogen and oxygen atoms in total. The molecule has 6 heteroatoms. The molecule has 1 aliphatic rings. The van der Waals surface area contributed by atoms with Crippen molar-refractivity contribution in [3.05, 3.63) is 30.3 Å². The minimum absolute atomic E-state index is 0.0609. The van der Waals surface area contributed by atoms with Crippen LogP contribution in [0.4, 0.5) is 4.79 Å². The summed E-state index contributed by atoms with van der Waals surface area (Å²) in [6, 6.07) is 9.30. The van der Waals surface area contributed by atoms with E-state index in [1.807, 2.05) is 30.3 Å². The normalized spacial score (nSPS) is 25.1. The van der Waals surface area contributed by atoms with Gasteiger partial charge in [-0.15, -0.1) is 0 Å². The topological polar surface area (TPSA) is 74.2 Å². The number of para-hydroxylation sites is 1. The van der Waals surface area contributed by atoms with Crippen LogP contribution in [0.3, 0.4) is 0 Å². The minimum atomic E-state index is -0.764. The van der Waals surface area contributed by atoms with Crippen LogP contribution in [0.2, 0.25) is 0 Å². The molecule has 3 unspecified atom stereocenters. The lowest BCUT2D eigenvalue weighted by Crippen LogP contribution is -2.44. The molecule has 0 aliphatic carbocycles. The molecule has 1 aliphatic heterocycles. The first-order valence-corrected chi connectivity index (χ1v) is 7.04. The lowest BCUT2D eigenvalue weighted by molar-refractivity contribution is -0.197. The Morgan fingerprint density at radius 3 is 2.76 bits per heavy atom. The second-order valence-electron chi connectivity index (χ2n) is 4.67. The predicted molar refractivity (Wildman–Crippen MR) is 73.9 cm³/mol. The highest BCUT2D eigenvalue weighted by Gasteiger charge is 2.32. The molecule has 2 rings (SSSR count). The standard InChI is InChI=1S/C15H20O6/c1-2-18-15(17)19-10-13-12(16)8-9-14(21-13)20-11-6-4-3-5-7-11/h3-7,12-14,16H,2,8-10H2,1H3. The molecule has 21 heavy (non-hydrogen) atoms. The van der Waals surface area contributed by atoms with E-state index in [1.165, 1.54) is 0 Å². The van der Waals surface area contributed by atoms with Crippen LogP contribution in [0.1, 0.15) is 19.8 Å². The highest BCUT2D eigenvalue weighted by atomic mass is 16.7. The summed E-state index contributed by atoms with van der Waals surface area (Å²) in [5, 5.41) is 9.88. The van der Waals surface area contributed by atoms with Crippen LogP contribution in [-0.4, -0.2) is 43.0 Å². The SMILES string of the molecule is CCOC(=O)OCC1OC(Oc2ccccc2)CCC1O. The number of hydrogen-bond donors (Lipinski definition) is 1. The molecule has 116 valence electrons. The second kappa shape index (κ2) is 7.85. The molecule has 1 aromatic carbocycles. The van der Waals surface area contributed by atoms with Gasteiger partial charge in [0.15, 0.2) is 6.29 Å². The Morgan fingerprint density at radius 1 is 1.29 bits per heavy atom. The number of aliphatic hydroxyl groups is 1. The Labute approximate surface area is 123 Å². The van der Waals surface area contributed by atoms with Gasteiger partial charge in [0, 0.05) is 6.42 Å². The third kappa shape index (κ3) is 4.91. The van der Waals surface area contributed by atoms with Crippen molar-refractivity contribution in [1.29, 1.82) is 0 Å². The van der Waals surface area contributed by atoms with Crippen LogP contribution in [-0.2, 0) is 14.2 Å². The number of ether oxygens (including phenoxy) is 4. The first-order chi connectivity index (χ1) is 10.2. The average Bonchev–Trinajstić information content (AvgIpc) is 2.49. The van der Waals surface area contributed by atoms with Crippen LogP contribution in [0, 0.1) is 0 Å². The Kier molecular flexibility index (Phi) is 5.83. The molecule has 3 atom stereocenters. The van der Waals surface area contributed by atoms with Gasteiger partial charge in [-0.3, -0.25) is 0 Å². The van der Waals surface area contributed by atoms with Crippen molar-refractivity contribution in [3.63, 3.8) is 0 Å². The number of hydrogen-bond acceptors (Lipinski definition) is 6. The van der Waals surface area contributed by atoms with E-state index in [2.05, 4.69) is 4.74 Å². The van der Waals surface area contributed by atoms with Crippen LogP contribution in [0.15, 0.2) is 30.3 Å². The molecule has 1 heterocycles. The highest BCUT2D eigenvalue weighted by Crippen LogP contribution is 2.23. The van der Waals surface area contributed by atoms with Crippen LogP contribution in [0.25, 0.3) is 0 Å². The van der Waals surface area contributed by atoms with Crippen LogP contribution in [0.5, 0.6) is 5.75 Å². The van der Waals surface area contributed by atoms with Gasteiger partial charge in [-0.1, -0.05) is 18.2 Å². The van der Waals surface area contributed by atoms with Crippen LogP contribution < -0.4 is 4.74 Å². The van der Waals surface area contributed by atoms with Gasteiger partial charge < -0.3 is 24.1 Å². The summed E-state index contributed by atoms with van der Waals surface area (Å²) in [5.74, 6) is 0.698. The van der Waals surface area contributed by atoms with Crippen molar-refractivity contribution >= 4 is 6.16 Å². The molecule has 0 saturated carbocycles. The van der Waals surface area contributed by atoms with Gasteiger partial charge in [-0.2, -0.15) is 0 Å². The molecule has 0 bridgehead atoms. The summed E-state index contributed by atoms with van der Waals surface area (Å²) in [4.78, 5) is 11.2. The highest BCUT2D eigenvalue weighted by molar-refractivity contribution is 5.59. The zero-order chi connectivity index (χ0) is 15.1. The van der Waals surface area contributed by atoms with Gasteiger partial charge in [0.25, 0.3) is 0 Å². The van der Waals surface area contributed by atoms with Gasteiger partial charge in [0.2, 0.25) is 0 Å². The number of carbonyl (C=O) groups is 1. The van der Waals surface area contributed by atoms with Crippen LogP contribution >= 0.6 is 0 Å². The van der Waals surface area contributed by atoms with E-state index in [4.69, 9.17) is 14.2 Å². The molecular weight excluding hydrogens is 276 g/mol. The summed E-state index contributed by atoms with van der Waals surface area (Å²) < 4.78 is 20.9. The fraction of sp³-hybridized carbons (Fsp3) is 0.533. The zero-order valence-electron chi connectivity index (χ0n) is 11.9. The molecule has 0 spiro atoms. The third-order valence-electron chi connectivity index (χ3n) is 3.09. The van der Waals surface area contributed by atoms with Crippen molar-refractivity contribution in [2.75, 3.05) is 13.2 Å². The summed E-state index contributed by atoms with van der Waals surface area (Å²) in [6.45, 7) is 1.87. The Hall–Kier alpha value is -1.79. The quantitative estimate of drug-likeness (QED) is 0.839. The number of carbonyl (C=O) groups excluding carboxylic acids is 1. The number of aliphatic hydroxyl groups excluding tert-OH is 1. The van der Waals surface area contributed by atoms with Gasteiger partial charge in [-0.25, -0.2) is 4.79 Å². The molecule has 1 fully saturated rings. The lowest BCUT2D eigenvalue weighted by Gasteiger charge is -2.33. The maximum absolute atomic E-state index is 11.2. The van der Waals surface area contributed by atoms with Gasteiger partial charge in [-0.05, 0) is 25.5 Å². The lowest BCUT2D eigenvalue weighted by atomic mass is 10.1. The van der Waals surface area contributed by atoms with Crippen molar-refractivity contribution in [2.45, 2.75) is 38.3 Å². The Morgan fingerprint density at radius 2 is 2.05 bits per heavy atom. The average molecular weight is 296 g/mol. The largest absolute Gasteiger partial charge is 0.508 e. The molecule has 0 aromatic heterocycles. The summed E-state index contributed by atoms with van der Waals surface area (Å²) in [6.07, 6.45) is -1.43.